The lowest BCUT2D eigenvalue weighted by Crippen LogP contribution is -2.46. The molecule has 0 aromatic heterocycles. The van der Waals surface area contributed by atoms with Crippen LogP contribution in [0.5, 0.6) is 0 Å². The number of hydrogen-bond acceptors (Lipinski definition) is 8. The maximum Gasteiger partial charge on any atom is 0.259 e. The van der Waals surface area contributed by atoms with E-state index in [2.05, 4.69) is 41.4 Å². The molecule has 4 rings (SSSR count). The fraction of sp³-hybridized carbons (Fsp3) is 0.700. The summed E-state index contributed by atoms with van der Waals surface area (Å²) in [6.07, 6.45) is -1.34. The SMILES string of the molecule is COC[C@]12CO[C@@H](C1OP1OC(C(C)C)C(C)N1C)[C@H](S(=O)(=O)c1ccc(Br)cc1)O2. The predicted molar refractivity (Wildman–Crippen MR) is 119 cm³/mol. The topological polar surface area (TPSA) is 83.5 Å². The molecule has 0 aliphatic carbocycles. The highest BCUT2D eigenvalue weighted by Crippen LogP contribution is 2.57. The molecule has 1 aromatic carbocycles. The van der Waals surface area contributed by atoms with Gasteiger partial charge in [-0.05, 0) is 44.2 Å². The Kier molecular flexibility index (Phi) is 6.88. The summed E-state index contributed by atoms with van der Waals surface area (Å²) in [5.74, 6) is 0.333. The quantitative estimate of drug-likeness (QED) is 0.489. The van der Waals surface area contributed by atoms with Crippen LogP contribution in [0.3, 0.4) is 0 Å². The Bertz CT molecular complexity index is 901. The highest BCUT2D eigenvalue weighted by Gasteiger charge is 2.67. The molecule has 0 amide bonds. The van der Waals surface area contributed by atoms with E-state index < -0.39 is 41.6 Å². The van der Waals surface area contributed by atoms with Gasteiger partial charge in [0.1, 0.15) is 17.8 Å². The van der Waals surface area contributed by atoms with Gasteiger partial charge < -0.3 is 23.3 Å². The number of ether oxygens (including phenoxy) is 3. The minimum absolute atomic E-state index is 0.0395. The van der Waals surface area contributed by atoms with Gasteiger partial charge in [0.2, 0.25) is 9.84 Å². The van der Waals surface area contributed by atoms with E-state index in [1.54, 1.807) is 31.4 Å². The van der Waals surface area contributed by atoms with Crippen molar-refractivity contribution in [1.29, 1.82) is 0 Å². The smallest absolute Gasteiger partial charge is 0.259 e. The van der Waals surface area contributed by atoms with Crippen molar-refractivity contribution >= 4 is 34.3 Å². The second-order valence-electron chi connectivity index (χ2n) is 8.65. The zero-order valence-corrected chi connectivity index (χ0v) is 21.5. The standard InChI is InChI=1S/C20H29BrNO7PS/c1-12(2)16-13(3)22(4)30(28-16)29-18-17-19(27-20(18,10-25-5)11-26-17)31(23,24)15-8-6-14(21)7-9-15/h6-9,12-13,16-19H,10-11H2,1-5H3/t13?,16?,17-,18?,19-,20-,30?/m0/s1. The molecule has 2 bridgehead atoms. The molecule has 3 aliphatic rings. The molecule has 3 aliphatic heterocycles. The molecule has 0 saturated carbocycles. The zero-order chi connectivity index (χ0) is 22.6. The summed E-state index contributed by atoms with van der Waals surface area (Å²) in [6.45, 7) is 6.71. The third-order valence-electron chi connectivity index (χ3n) is 6.19. The molecule has 4 unspecified atom stereocenters. The summed E-state index contributed by atoms with van der Waals surface area (Å²) < 4.78 is 59.8. The van der Waals surface area contributed by atoms with Gasteiger partial charge in [0, 0.05) is 17.6 Å². The van der Waals surface area contributed by atoms with Crippen molar-refractivity contribution < 1.29 is 31.7 Å². The molecule has 0 radical (unpaired) electrons. The largest absolute Gasteiger partial charge is 0.381 e. The number of rotatable bonds is 7. The van der Waals surface area contributed by atoms with Crippen LogP contribution in [-0.4, -0.2) is 75.9 Å². The summed E-state index contributed by atoms with van der Waals surface area (Å²) in [5.41, 5.74) is -2.18. The van der Waals surface area contributed by atoms with E-state index in [1.165, 1.54) is 0 Å². The van der Waals surface area contributed by atoms with Gasteiger partial charge in [-0.1, -0.05) is 29.8 Å². The number of fused-ring (bicyclic) bond motifs is 2. The Hall–Kier alpha value is -0.160. The van der Waals surface area contributed by atoms with Crippen LogP contribution in [0.2, 0.25) is 0 Å². The van der Waals surface area contributed by atoms with Crippen LogP contribution in [0.25, 0.3) is 0 Å². The van der Waals surface area contributed by atoms with Crippen molar-refractivity contribution in [1.82, 2.24) is 4.67 Å². The van der Waals surface area contributed by atoms with Crippen LogP contribution < -0.4 is 0 Å². The van der Waals surface area contributed by atoms with Crippen LogP contribution in [-0.2, 0) is 33.1 Å². The van der Waals surface area contributed by atoms with Crippen molar-refractivity contribution in [2.24, 2.45) is 5.92 Å². The van der Waals surface area contributed by atoms with Crippen LogP contribution in [0.15, 0.2) is 33.6 Å². The van der Waals surface area contributed by atoms with Gasteiger partial charge in [-0.25, -0.2) is 13.1 Å². The van der Waals surface area contributed by atoms with E-state index in [4.69, 9.17) is 23.3 Å². The third-order valence-corrected chi connectivity index (χ3v) is 10.3. The molecule has 11 heteroatoms. The highest BCUT2D eigenvalue weighted by atomic mass is 79.9. The minimum atomic E-state index is -3.81. The first-order valence-electron chi connectivity index (χ1n) is 10.2. The lowest BCUT2D eigenvalue weighted by atomic mass is 10.0. The fourth-order valence-electron chi connectivity index (χ4n) is 4.39. The monoisotopic (exact) mass is 537 g/mol. The number of methoxy groups -OCH3 is 1. The molecule has 3 saturated heterocycles. The number of nitrogens with zero attached hydrogens (tertiary/aromatic N) is 1. The second-order valence-corrected chi connectivity index (χ2v) is 13.1. The predicted octanol–water partition coefficient (Wildman–Crippen LogP) is 3.35. The lowest BCUT2D eigenvalue weighted by molar-refractivity contribution is -0.140. The number of benzene rings is 1. The van der Waals surface area contributed by atoms with Crippen LogP contribution >= 0.6 is 24.5 Å². The molecular weight excluding hydrogens is 509 g/mol. The summed E-state index contributed by atoms with van der Waals surface area (Å²) in [6, 6.07) is 6.68. The first-order chi connectivity index (χ1) is 14.6. The molecule has 3 fully saturated rings. The van der Waals surface area contributed by atoms with Gasteiger partial charge in [0.15, 0.2) is 5.44 Å². The van der Waals surface area contributed by atoms with Crippen molar-refractivity contribution in [2.75, 3.05) is 27.4 Å². The normalized spacial score (nSPS) is 38.4. The highest BCUT2D eigenvalue weighted by molar-refractivity contribution is 9.10. The van der Waals surface area contributed by atoms with Crippen molar-refractivity contribution in [3.05, 3.63) is 28.7 Å². The lowest BCUT2D eigenvalue weighted by Gasteiger charge is -2.31. The molecule has 8 nitrogen and oxygen atoms in total. The van der Waals surface area contributed by atoms with Crippen molar-refractivity contribution in [3.63, 3.8) is 0 Å². The Labute approximate surface area is 193 Å². The van der Waals surface area contributed by atoms with Gasteiger partial charge in [-0.2, -0.15) is 0 Å². The van der Waals surface area contributed by atoms with E-state index >= 15 is 0 Å². The first kappa shape index (κ1) is 24.0. The molecule has 31 heavy (non-hydrogen) atoms. The van der Waals surface area contributed by atoms with E-state index in [0.717, 1.165) is 4.47 Å². The maximum absolute atomic E-state index is 13.4. The Balaban J connectivity index is 1.61. The maximum atomic E-state index is 13.4. The molecular formula is C20H29BrNO7PS. The molecule has 7 atom stereocenters. The number of halogens is 1. The number of sulfone groups is 1. The Morgan fingerprint density at radius 1 is 1.32 bits per heavy atom. The van der Waals surface area contributed by atoms with Gasteiger partial charge in [-0.15, -0.1) is 0 Å². The average molecular weight is 538 g/mol. The Morgan fingerprint density at radius 2 is 2.00 bits per heavy atom. The van der Waals surface area contributed by atoms with Crippen molar-refractivity contribution in [2.45, 2.75) is 61.1 Å². The van der Waals surface area contributed by atoms with E-state index in [1.807, 2.05) is 7.05 Å². The summed E-state index contributed by atoms with van der Waals surface area (Å²) in [5, 5.41) is 0. The third kappa shape index (κ3) is 4.13. The van der Waals surface area contributed by atoms with Gasteiger partial charge in [0.05, 0.1) is 24.2 Å². The molecule has 1 aromatic rings. The zero-order valence-electron chi connectivity index (χ0n) is 18.2. The summed E-state index contributed by atoms with van der Waals surface area (Å²) >= 11 is 3.34. The van der Waals surface area contributed by atoms with E-state index in [-0.39, 0.29) is 30.3 Å². The van der Waals surface area contributed by atoms with Gasteiger partial charge >= 0.3 is 0 Å². The number of likely N-dealkylation sites (N-methyl/N-ethyl adjacent to an activating group) is 1. The van der Waals surface area contributed by atoms with Gasteiger partial charge in [-0.3, -0.25) is 0 Å². The van der Waals surface area contributed by atoms with Crippen LogP contribution in [0, 0.1) is 5.92 Å². The first-order valence-corrected chi connectivity index (χ1v) is 13.7. The molecule has 0 N–H and O–H groups in total. The number of hydrogen-bond donors (Lipinski definition) is 0. The van der Waals surface area contributed by atoms with Crippen molar-refractivity contribution in [3.8, 4) is 0 Å². The van der Waals surface area contributed by atoms with E-state index in [9.17, 15) is 8.42 Å². The van der Waals surface area contributed by atoms with Gasteiger partial charge in [0.25, 0.3) is 8.53 Å². The van der Waals surface area contributed by atoms with E-state index in [0.29, 0.717) is 5.92 Å². The van der Waals surface area contributed by atoms with Crippen LogP contribution in [0.4, 0.5) is 0 Å². The summed E-state index contributed by atoms with van der Waals surface area (Å²) in [7, 11) is -1.67. The molecule has 174 valence electrons. The summed E-state index contributed by atoms with van der Waals surface area (Å²) in [4.78, 5) is 0.177. The minimum Gasteiger partial charge on any atom is -0.381 e. The second kappa shape index (κ2) is 8.89. The Morgan fingerprint density at radius 3 is 2.58 bits per heavy atom. The molecule has 0 spiro atoms. The average Bonchev–Trinajstić information content (AvgIpc) is 3.32. The molecule has 3 heterocycles. The fourth-order valence-corrected chi connectivity index (χ4v) is 8.24. The van der Waals surface area contributed by atoms with Crippen LogP contribution in [0.1, 0.15) is 20.8 Å².